The molecule has 0 radical (unpaired) electrons. The fourth-order valence-corrected chi connectivity index (χ4v) is 3.62. The quantitative estimate of drug-likeness (QED) is 0.589. The van der Waals surface area contributed by atoms with Gasteiger partial charge in [-0.3, -0.25) is 9.59 Å². The largest absolute Gasteiger partial charge is 0.492 e. The molecule has 0 bridgehead atoms. The molecule has 2 heterocycles. The van der Waals surface area contributed by atoms with E-state index in [9.17, 15) is 9.59 Å². The number of amides is 1. The van der Waals surface area contributed by atoms with Gasteiger partial charge in [-0.2, -0.15) is 0 Å². The van der Waals surface area contributed by atoms with E-state index >= 15 is 0 Å². The summed E-state index contributed by atoms with van der Waals surface area (Å²) in [6.45, 7) is 8.24. The smallest absolute Gasteiger partial charge is 0.309 e. The van der Waals surface area contributed by atoms with E-state index in [2.05, 4.69) is 10.2 Å². The number of rotatable bonds is 9. The fourth-order valence-electron chi connectivity index (χ4n) is 3.62. The maximum Gasteiger partial charge on any atom is 0.309 e. The summed E-state index contributed by atoms with van der Waals surface area (Å²) in [5.41, 5.74) is 1.38. The van der Waals surface area contributed by atoms with Gasteiger partial charge < -0.3 is 33.9 Å². The summed E-state index contributed by atoms with van der Waals surface area (Å²) in [4.78, 5) is 26.8. The lowest BCUT2D eigenvalue weighted by atomic mass is 10.0. The summed E-state index contributed by atoms with van der Waals surface area (Å²) in [6.07, 6.45) is 1.24. The van der Waals surface area contributed by atoms with Crippen molar-refractivity contribution in [2.45, 2.75) is 26.7 Å². The molecule has 0 unspecified atom stereocenters. The van der Waals surface area contributed by atoms with E-state index in [1.165, 1.54) is 0 Å². The molecule has 2 saturated heterocycles. The van der Waals surface area contributed by atoms with Crippen molar-refractivity contribution in [3.63, 3.8) is 0 Å². The van der Waals surface area contributed by atoms with Crippen molar-refractivity contribution in [3.8, 4) is 11.5 Å². The van der Waals surface area contributed by atoms with Crippen molar-refractivity contribution in [3.05, 3.63) is 12.1 Å². The third-order valence-electron chi connectivity index (χ3n) is 5.19. The molecule has 9 heteroatoms. The molecule has 9 nitrogen and oxygen atoms in total. The van der Waals surface area contributed by atoms with Crippen molar-refractivity contribution in [1.29, 1.82) is 0 Å². The predicted octanol–water partition coefficient (Wildman–Crippen LogP) is 2.23. The second kappa shape index (κ2) is 11.8. The normalized spacial score (nSPS) is 17.2. The van der Waals surface area contributed by atoms with Crippen LogP contribution in [0, 0.1) is 5.92 Å². The Morgan fingerprint density at radius 3 is 2.32 bits per heavy atom. The zero-order valence-electron chi connectivity index (χ0n) is 18.3. The molecule has 0 atom stereocenters. The number of morpholine rings is 1. The average molecular weight is 437 g/mol. The van der Waals surface area contributed by atoms with Gasteiger partial charge in [0.15, 0.2) is 6.61 Å². The molecule has 1 aromatic rings. The minimum Gasteiger partial charge on any atom is -0.492 e. The summed E-state index contributed by atoms with van der Waals surface area (Å²) in [5, 5.41) is 2.79. The van der Waals surface area contributed by atoms with Gasteiger partial charge in [0, 0.05) is 38.4 Å². The second-order valence-electron chi connectivity index (χ2n) is 7.32. The Hall–Kier alpha value is -2.52. The lowest BCUT2D eigenvalue weighted by Crippen LogP contribution is -2.36. The Morgan fingerprint density at radius 1 is 1.00 bits per heavy atom. The predicted molar refractivity (Wildman–Crippen MR) is 115 cm³/mol. The van der Waals surface area contributed by atoms with Crippen molar-refractivity contribution >= 4 is 23.3 Å². The van der Waals surface area contributed by atoms with Crippen molar-refractivity contribution in [2.75, 3.05) is 69.6 Å². The number of nitrogens with zero attached hydrogens (tertiary/aromatic N) is 1. The van der Waals surface area contributed by atoms with Gasteiger partial charge in [0.05, 0.1) is 43.7 Å². The number of benzene rings is 1. The van der Waals surface area contributed by atoms with E-state index < -0.39 is 5.91 Å². The van der Waals surface area contributed by atoms with Crippen LogP contribution in [0.15, 0.2) is 12.1 Å². The molecule has 3 rings (SSSR count). The zero-order valence-corrected chi connectivity index (χ0v) is 18.3. The van der Waals surface area contributed by atoms with Crippen LogP contribution in [0.3, 0.4) is 0 Å². The molecule has 1 aromatic carbocycles. The Kier molecular flexibility index (Phi) is 8.78. The van der Waals surface area contributed by atoms with Crippen molar-refractivity contribution < 1.29 is 33.3 Å². The Morgan fingerprint density at radius 2 is 1.65 bits per heavy atom. The molecular weight excluding hydrogens is 404 g/mol. The Balaban J connectivity index is 1.70. The summed E-state index contributed by atoms with van der Waals surface area (Å²) >= 11 is 0. The van der Waals surface area contributed by atoms with E-state index in [1.54, 1.807) is 6.07 Å². The van der Waals surface area contributed by atoms with E-state index in [0.29, 0.717) is 69.7 Å². The van der Waals surface area contributed by atoms with Crippen molar-refractivity contribution in [2.24, 2.45) is 5.92 Å². The zero-order chi connectivity index (χ0) is 22.1. The molecule has 2 aliphatic rings. The van der Waals surface area contributed by atoms with E-state index in [1.807, 2.05) is 19.9 Å². The summed E-state index contributed by atoms with van der Waals surface area (Å²) in [5.74, 6) is 0.195. The van der Waals surface area contributed by atoms with Gasteiger partial charge >= 0.3 is 5.97 Å². The number of hydrogen-bond donors (Lipinski definition) is 1. The lowest BCUT2D eigenvalue weighted by Gasteiger charge is -2.31. The summed E-state index contributed by atoms with van der Waals surface area (Å²) in [7, 11) is 0. The maximum atomic E-state index is 12.5. The Bertz CT molecular complexity index is 744. The number of esters is 1. The molecule has 0 aromatic heterocycles. The average Bonchev–Trinajstić information content (AvgIpc) is 2.80. The van der Waals surface area contributed by atoms with Gasteiger partial charge in [-0.1, -0.05) is 0 Å². The third-order valence-corrected chi connectivity index (χ3v) is 5.19. The van der Waals surface area contributed by atoms with Crippen LogP contribution in [0.25, 0.3) is 0 Å². The van der Waals surface area contributed by atoms with Gasteiger partial charge in [0.25, 0.3) is 5.91 Å². The van der Waals surface area contributed by atoms with Gasteiger partial charge in [-0.15, -0.1) is 0 Å². The Labute approximate surface area is 182 Å². The molecule has 1 amide bonds. The SMILES string of the molecule is CCOc1cc(N2CCOCC2)c(OCC)cc1NC(=O)COC(=O)C1CCOCC1. The van der Waals surface area contributed by atoms with E-state index in [0.717, 1.165) is 18.8 Å². The standard InChI is InChI=1S/C22H32N2O7/c1-3-29-19-14-18(24-7-11-28-12-8-24)20(30-4-2)13-17(19)23-21(25)15-31-22(26)16-5-9-27-10-6-16/h13-14,16H,3-12,15H2,1-2H3,(H,23,25). The first-order valence-corrected chi connectivity index (χ1v) is 10.9. The maximum absolute atomic E-state index is 12.5. The minimum atomic E-state index is -0.428. The first kappa shape index (κ1) is 23.1. The topological polar surface area (TPSA) is 95.6 Å². The number of anilines is 2. The molecular formula is C22H32N2O7. The molecule has 172 valence electrons. The van der Waals surface area contributed by atoms with Crippen LogP contribution in [-0.4, -0.2) is 71.2 Å². The number of ether oxygens (including phenoxy) is 5. The molecule has 0 saturated carbocycles. The summed E-state index contributed by atoms with van der Waals surface area (Å²) in [6, 6.07) is 3.64. The number of nitrogens with one attached hydrogen (secondary N) is 1. The number of carbonyl (C=O) groups excluding carboxylic acids is 2. The number of carbonyl (C=O) groups is 2. The van der Waals surface area contributed by atoms with E-state index in [4.69, 9.17) is 23.7 Å². The third kappa shape index (κ3) is 6.48. The number of hydrogen-bond acceptors (Lipinski definition) is 8. The van der Waals surface area contributed by atoms with E-state index in [-0.39, 0.29) is 18.5 Å². The highest BCUT2D eigenvalue weighted by atomic mass is 16.5. The highest BCUT2D eigenvalue weighted by Gasteiger charge is 2.24. The fraction of sp³-hybridized carbons (Fsp3) is 0.636. The summed E-state index contributed by atoms with van der Waals surface area (Å²) < 4.78 is 27.5. The lowest BCUT2D eigenvalue weighted by molar-refractivity contribution is -0.154. The molecule has 1 N–H and O–H groups in total. The molecule has 0 aliphatic carbocycles. The first-order chi connectivity index (χ1) is 15.1. The van der Waals surface area contributed by atoms with Crippen molar-refractivity contribution in [1.82, 2.24) is 0 Å². The van der Waals surface area contributed by atoms with Gasteiger partial charge in [-0.25, -0.2) is 0 Å². The first-order valence-electron chi connectivity index (χ1n) is 10.9. The van der Waals surface area contributed by atoms with Gasteiger partial charge in [0.2, 0.25) is 0 Å². The monoisotopic (exact) mass is 436 g/mol. The minimum absolute atomic E-state index is 0.210. The van der Waals surface area contributed by atoms with Crippen LogP contribution in [0.4, 0.5) is 11.4 Å². The molecule has 2 fully saturated rings. The highest BCUT2D eigenvalue weighted by Crippen LogP contribution is 2.39. The van der Waals surface area contributed by atoms with Gasteiger partial charge in [-0.05, 0) is 26.7 Å². The van der Waals surface area contributed by atoms with Crippen LogP contribution in [0.5, 0.6) is 11.5 Å². The second-order valence-corrected chi connectivity index (χ2v) is 7.32. The van der Waals surface area contributed by atoms with Crippen LogP contribution < -0.4 is 19.7 Å². The van der Waals surface area contributed by atoms with Crippen LogP contribution in [0.2, 0.25) is 0 Å². The van der Waals surface area contributed by atoms with Gasteiger partial charge in [0.1, 0.15) is 11.5 Å². The molecule has 2 aliphatic heterocycles. The molecule has 0 spiro atoms. The van der Waals surface area contributed by atoms with Crippen LogP contribution >= 0.6 is 0 Å². The highest BCUT2D eigenvalue weighted by molar-refractivity contribution is 5.95. The van der Waals surface area contributed by atoms with Crippen LogP contribution in [0.1, 0.15) is 26.7 Å². The molecule has 31 heavy (non-hydrogen) atoms. The van der Waals surface area contributed by atoms with Crippen LogP contribution in [-0.2, 0) is 23.8 Å².